The predicted octanol–water partition coefficient (Wildman–Crippen LogP) is 2.36. The molecule has 0 fully saturated rings. The van der Waals surface area contributed by atoms with E-state index in [1.165, 1.54) is 10.6 Å². The standard InChI is InChI=1S/C12H9ClFN3O/c1-6-2-10-12(18)15-9-4-7(5-13)3-8(14)11(9)17(10)16-6/h2-4H,5H2,1H3,(H,15,18). The van der Waals surface area contributed by atoms with Gasteiger partial charge < -0.3 is 4.98 Å². The van der Waals surface area contributed by atoms with Gasteiger partial charge >= 0.3 is 0 Å². The number of nitrogens with one attached hydrogen (secondary N) is 1. The summed E-state index contributed by atoms with van der Waals surface area (Å²) in [5.41, 5.74) is 1.96. The summed E-state index contributed by atoms with van der Waals surface area (Å²) >= 11 is 5.68. The highest BCUT2D eigenvalue weighted by Gasteiger charge is 2.12. The molecule has 0 spiro atoms. The summed E-state index contributed by atoms with van der Waals surface area (Å²) in [5, 5.41) is 4.14. The van der Waals surface area contributed by atoms with Crippen LogP contribution < -0.4 is 5.56 Å². The van der Waals surface area contributed by atoms with Crippen LogP contribution in [-0.4, -0.2) is 14.6 Å². The first-order valence-corrected chi connectivity index (χ1v) is 5.90. The number of hydrogen-bond donors (Lipinski definition) is 1. The van der Waals surface area contributed by atoms with Gasteiger partial charge in [-0.1, -0.05) is 0 Å². The Morgan fingerprint density at radius 1 is 1.44 bits per heavy atom. The van der Waals surface area contributed by atoms with E-state index in [1.54, 1.807) is 19.1 Å². The maximum atomic E-state index is 14.1. The van der Waals surface area contributed by atoms with Gasteiger partial charge in [-0.25, -0.2) is 8.91 Å². The van der Waals surface area contributed by atoms with Crippen molar-refractivity contribution in [2.24, 2.45) is 0 Å². The zero-order chi connectivity index (χ0) is 12.9. The topological polar surface area (TPSA) is 50.2 Å². The van der Waals surface area contributed by atoms with Crippen molar-refractivity contribution in [3.05, 3.63) is 45.6 Å². The summed E-state index contributed by atoms with van der Waals surface area (Å²) in [4.78, 5) is 14.5. The molecule has 1 N–H and O–H groups in total. The zero-order valence-electron chi connectivity index (χ0n) is 9.50. The first-order chi connectivity index (χ1) is 8.60. The number of benzene rings is 1. The molecule has 4 nitrogen and oxygen atoms in total. The van der Waals surface area contributed by atoms with Crippen LogP contribution in [0.1, 0.15) is 11.3 Å². The third-order valence-electron chi connectivity index (χ3n) is 2.80. The summed E-state index contributed by atoms with van der Waals surface area (Å²) in [6.45, 7) is 1.75. The second kappa shape index (κ2) is 3.81. The molecule has 0 aliphatic carbocycles. The van der Waals surface area contributed by atoms with Gasteiger partial charge in [0.05, 0.1) is 11.2 Å². The molecule has 0 unspecified atom stereocenters. The van der Waals surface area contributed by atoms with Gasteiger partial charge in [-0.05, 0) is 30.7 Å². The van der Waals surface area contributed by atoms with E-state index in [4.69, 9.17) is 11.6 Å². The van der Waals surface area contributed by atoms with Gasteiger partial charge in [-0.2, -0.15) is 5.10 Å². The van der Waals surface area contributed by atoms with Crippen molar-refractivity contribution in [2.75, 3.05) is 0 Å². The molecule has 0 aliphatic heterocycles. The van der Waals surface area contributed by atoms with Crippen LogP contribution in [0.5, 0.6) is 0 Å². The van der Waals surface area contributed by atoms with Crippen molar-refractivity contribution in [3.8, 4) is 0 Å². The summed E-state index contributed by atoms with van der Waals surface area (Å²) in [5.74, 6) is -0.266. The molecule has 92 valence electrons. The van der Waals surface area contributed by atoms with Crippen LogP contribution in [0.15, 0.2) is 23.0 Å². The van der Waals surface area contributed by atoms with E-state index in [0.717, 1.165) is 0 Å². The smallest absolute Gasteiger partial charge is 0.274 e. The van der Waals surface area contributed by atoms with Crippen molar-refractivity contribution in [1.29, 1.82) is 0 Å². The number of aryl methyl sites for hydroxylation is 1. The summed E-state index contributed by atoms with van der Waals surface area (Å²) in [6.07, 6.45) is 0. The van der Waals surface area contributed by atoms with Crippen molar-refractivity contribution in [3.63, 3.8) is 0 Å². The Morgan fingerprint density at radius 3 is 2.94 bits per heavy atom. The van der Waals surface area contributed by atoms with E-state index in [1.807, 2.05) is 0 Å². The van der Waals surface area contributed by atoms with E-state index >= 15 is 0 Å². The van der Waals surface area contributed by atoms with Crippen molar-refractivity contribution in [2.45, 2.75) is 12.8 Å². The highest BCUT2D eigenvalue weighted by atomic mass is 35.5. The van der Waals surface area contributed by atoms with E-state index in [2.05, 4.69) is 10.1 Å². The third-order valence-corrected chi connectivity index (χ3v) is 3.11. The zero-order valence-corrected chi connectivity index (χ0v) is 10.3. The van der Waals surface area contributed by atoms with E-state index in [-0.39, 0.29) is 17.0 Å². The van der Waals surface area contributed by atoms with Crippen LogP contribution in [0.2, 0.25) is 0 Å². The third kappa shape index (κ3) is 1.51. The molecule has 0 saturated heterocycles. The van der Waals surface area contributed by atoms with Crippen molar-refractivity contribution < 1.29 is 4.39 Å². The highest BCUT2D eigenvalue weighted by molar-refractivity contribution is 6.17. The molecule has 0 saturated carbocycles. The summed E-state index contributed by atoms with van der Waals surface area (Å²) < 4.78 is 15.4. The maximum Gasteiger partial charge on any atom is 0.274 e. The van der Waals surface area contributed by atoms with Crippen LogP contribution in [0.25, 0.3) is 16.6 Å². The number of fused-ring (bicyclic) bond motifs is 3. The van der Waals surface area contributed by atoms with Gasteiger partial charge in [0.15, 0.2) is 5.82 Å². The van der Waals surface area contributed by atoms with Crippen LogP contribution >= 0.6 is 11.6 Å². The molecule has 3 rings (SSSR count). The molecule has 3 aromatic rings. The molecular weight excluding hydrogens is 257 g/mol. The number of nitrogens with zero attached hydrogens (tertiary/aromatic N) is 2. The lowest BCUT2D eigenvalue weighted by atomic mass is 10.2. The number of rotatable bonds is 1. The van der Waals surface area contributed by atoms with Crippen LogP contribution in [0.4, 0.5) is 4.39 Å². The lowest BCUT2D eigenvalue weighted by Gasteiger charge is -2.04. The number of aromatic amines is 1. The molecule has 0 aliphatic rings. The molecule has 0 bridgehead atoms. The van der Waals surface area contributed by atoms with Crippen LogP contribution in [0.3, 0.4) is 0 Å². The fourth-order valence-corrected chi connectivity index (χ4v) is 2.22. The average molecular weight is 266 g/mol. The Labute approximate surface area is 106 Å². The lowest BCUT2D eigenvalue weighted by Crippen LogP contribution is -2.11. The molecule has 1 aromatic carbocycles. The maximum absolute atomic E-state index is 14.1. The Balaban J connectivity index is 2.58. The molecule has 0 amide bonds. The SMILES string of the molecule is Cc1cc2c(=O)[nH]c3cc(CCl)cc(F)c3n2n1. The minimum absolute atomic E-state index is 0.186. The number of halogens is 2. The second-order valence-electron chi connectivity index (χ2n) is 4.14. The van der Waals surface area contributed by atoms with Gasteiger partial charge in [0, 0.05) is 5.88 Å². The van der Waals surface area contributed by atoms with Gasteiger partial charge in [0.1, 0.15) is 11.0 Å². The predicted molar refractivity (Wildman–Crippen MR) is 67.6 cm³/mol. The number of aromatic nitrogens is 3. The van der Waals surface area contributed by atoms with Crippen molar-refractivity contribution in [1.82, 2.24) is 14.6 Å². The van der Waals surface area contributed by atoms with E-state index < -0.39 is 5.82 Å². The Hall–Kier alpha value is -1.88. The van der Waals surface area contributed by atoms with Gasteiger partial charge in [0.25, 0.3) is 5.56 Å². The van der Waals surface area contributed by atoms with Crippen molar-refractivity contribution >= 4 is 28.2 Å². The number of H-pyrrole nitrogens is 1. The molecule has 2 heterocycles. The largest absolute Gasteiger partial charge is 0.319 e. The van der Waals surface area contributed by atoms with Crippen LogP contribution in [0, 0.1) is 12.7 Å². The first kappa shape index (κ1) is 11.2. The fraction of sp³-hybridized carbons (Fsp3) is 0.167. The second-order valence-corrected chi connectivity index (χ2v) is 4.41. The van der Waals surface area contributed by atoms with Gasteiger partial charge in [-0.15, -0.1) is 11.6 Å². The van der Waals surface area contributed by atoms with Gasteiger partial charge in [-0.3, -0.25) is 4.79 Å². The van der Waals surface area contributed by atoms with Gasteiger partial charge in [0.2, 0.25) is 0 Å². The molecule has 0 radical (unpaired) electrons. The summed E-state index contributed by atoms with van der Waals surface area (Å²) in [7, 11) is 0. The average Bonchev–Trinajstić information content (AvgIpc) is 2.70. The molecule has 0 atom stereocenters. The minimum atomic E-state index is -0.451. The number of alkyl halides is 1. The van der Waals surface area contributed by atoms with Crippen LogP contribution in [-0.2, 0) is 5.88 Å². The molecule has 2 aromatic heterocycles. The first-order valence-electron chi connectivity index (χ1n) is 5.37. The number of hydrogen-bond acceptors (Lipinski definition) is 2. The lowest BCUT2D eigenvalue weighted by molar-refractivity contribution is 0.631. The Morgan fingerprint density at radius 2 is 2.22 bits per heavy atom. The molecule has 6 heteroatoms. The fourth-order valence-electron chi connectivity index (χ4n) is 2.06. The Bertz CT molecular complexity index is 821. The summed E-state index contributed by atoms with van der Waals surface area (Å²) in [6, 6.07) is 4.63. The molecule has 18 heavy (non-hydrogen) atoms. The quantitative estimate of drug-likeness (QED) is 0.687. The highest BCUT2D eigenvalue weighted by Crippen LogP contribution is 2.19. The normalized spacial score (nSPS) is 11.5. The van der Waals surface area contributed by atoms with E-state index in [0.29, 0.717) is 22.3 Å². The minimum Gasteiger partial charge on any atom is -0.319 e. The Kier molecular flexibility index (Phi) is 2.38. The van der Waals surface area contributed by atoms with E-state index in [9.17, 15) is 9.18 Å². The monoisotopic (exact) mass is 265 g/mol. The molecular formula is C12H9ClFN3O.